The van der Waals surface area contributed by atoms with Crippen LogP contribution in [0.4, 0.5) is 0 Å². The van der Waals surface area contributed by atoms with Gasteiger partial charge < -0.3 is 33.9 Å². The molecule has 23 heteroatoms. The maximum absolute atomic E-state index is 11.2. The van der Waals surface area contributed by atoms with Crippen molar-refractivity contribution in [3.05, 3.63) is 73.4 Å². The normalized spacial score (nSPS) is 9.23. The standard InChI is InChI=1S/C8H9ClN2O3.C8H10N2O3.C7H6Cl2N2O2.C7H8N2O2.Na.H2O/c1-4-5(8(12)14-3)11-6(9)7(10-4)13-2;1-5-7(8(11)13-3)9-4-6(10-5)12-2;1-3-4(7(12)13-2)11-6(9)5(8)10-3;1-5-6(4-10)8-3-7(9-5)11-2;;/h1-3H3;4H,1-3H3;1-2H3;3-4H,1-2H3;;1H2/q;;;;+1;/p-1. The number of aldehydes is 1. The topological polar surface area (TPSA) is 257 Å². The SMILES string of the molecule is COC(=O)c1nc(Cl)c(Cl)nc1C.COC(=O)c1nc(Cl)c(OC)nc1C.COC(=O)c1ncc(OC)nc1C.COc1cnc(C=O)c(C)n1.[Na+].[OH-]. The monoisotopic (exact) mass is 810 g/mol. The quantitative estimate of drug-likeness (QED) is 0.110. The number of halogens is 3. The molecule has 0 fully saturated rings. The first-order valence-corrected chi connectivity index (χ1v) is 15.0. The van der Waals surface area contributed by atoms with Gasteiger partial charge in [-0.25, -0.2) is 54.3 Å². The molecule has 0 aliphatic rings. The van der Waals surface area contributed by atoms with Crippen LogP contribution < -0.4 is 43.8 Å². The first-order valence-electron chi connectivity index (χ1n) is 13.9. The molecule has 19 nitrogen and oxygen atoms in total. The van der Waals surface area contributed by atoms with E-state index in [-0.39, 0.29) is 73.5 Å². The van der Waals surface area contributed by atoms with E-state index in [0.717, 1.165) is 0 Å². The Morgan fingerprint density at radius 3 is 1.36 bits per heavy atom. The van der Waals surface area contributed by atoms with Crippen molar-refractivity contribution in [3.63, 3.8) is 0 Å². The Balaban J connectivity index is 0. The third-order valence-electron chi connectivity index (χ3n) is 5.73. The minimum Gasteiger partial charge on any atom is -0.870 e. The molecule has 0 aromatic carbocycles. The summed E-state index contributed by atoms with van der Waals surface area (Å²) in [5, 5.41) is 0.109. The van der Waals surface area contributed by atoms with Gasteiger partial charge >= 0.3 is 47.5 Å². The molecule has 0 atom stereocenters. The van der Waals surface area contributed by atoms with Crippen molar-refractivity contribution in [2.45, 2.75) is 27.7 Å². The number of ether oxygens (including phenoxy) is 6. The van der Waals surface area contributed by atoms with E-state index in [1.807, 2.05) is 0 Å². The zero-order chi connectivity index (χ0) is 38.8. The zero-order valence-corrected chi connectivity index (χ0v) is 34.7. The average molecular weight is 812 g/mol. The summed E-state index contributed by atoms with van der Waals surface area (Å²) in [4.78, 5) is 74.5. The van der Waals surface area contributed by atoms with Gasteiger partial charge in [-0.2, -0.15) is 0 Å². The van der Waals surface area contributed by atoms with Gasteiger partial charge in [0.15, 0.2) is 38.8 Å². The zero-order valence-electron chi connectivity index (χ0n) is 30.5. The van der Waals surface area contributed by atoms with Crippen LogP contribution in [0.2, 0.25) is 15.5 Å². The van der Waals surface area contributed by atoms with Crippen molar-refractivity contribution in [1.82, 2.24) is 39.9 Å². The molecule has 4 aromatic heterocycles. The summed E-state index contributed by atoms with van der Waals surface area (Å²) in [5.74, 6) is -0.647. The Kier molecular flexibility index (Phi) is 24.5. The molecule has 53 heavy (non-hydrogen) atoms. The van der Waals surface area contributed by atoms with Crippen molar-refractivity contribution in [2.75, 3.05) is 42.7 Å². The van der Waals surface area contributed by atoms with Crippen LogP contribution in [-0.2, 0) is 14.2 Å². The fourth-order valence-electron chi connectivity index (χ4n) is 3.20. The van der Waals surface area contributed by atoms with E-state index in [2.05, 4.69) is 54.1 Å². The smallest absolute Gasteiger partial charge is 0.870 e. The second-order valence-electron chi connectivity index (χ2n) is 9.02. The summed E-state index contributed by atoms with van der Waals surface area (Å²) in [6.07, 6.45) is 3.46. The van der Waals surface area contributed by atoms with Crippen LogP contribution in [0.3, 0.4) is 0 Å². The van der Waals surface area contributed by atoms with Crippen LogP contribution in [0.25, 0.3) is 0 Å². The maximum Gasteiger partial charge on any atom is 1.00 e. The van der Waals surface area contributed by atoms with Crippen LogP contribution in [0.15, 0.2) is 12.4 Å². The minimum atomic E-state index is -0.580. The predicted octanol–water partition coefficient (Wildman–Crippen LogP) is 1.13. The van der Waals surface area contributed by atoms with Crippen molar-refractivity contribution in [2.24, 2.45) is 0 Å². The van der Waals surface area contributed by atoms with Gasteiger partial charge in [0.1, 0.15) is 5.69 Å². The van der Waals surface area contributed by atoms with E-state index in [1.54, 1.807) is 27.7 Å². The number of aromatic nitrogens is 8. The largest absolute Gasteiger partial charge is 1.00 e. The molecular weight excluding hydrogens is 778 g/mol. The molecule has 0 bridgehead atoms. The van der Waals surface area contributed by atoms with E-state index in [0.29, 0.717) is 46.5 Å². The van der Waals surface area contributed by atoms with Gasteiger partial charge in [0.25, 0.3) is 5.88 Å². The average Bonchev–Trinajstić information content (AvgIpc) is 3.13. The van der Waals surface area contributed by atoms with E-state index in [9.17, 15) is 19.2 Å². The predicted molar refractivity (Wildman–Crippen MR) is 183 cm³/mol. The van der Waals surface area contributed by atoms with Gasteiger partial charge in [0.2, 0.25) is 11.8 Å². The number of rotatable bonds is 7. The third-order valence-corrected chi connectivity index (χ3v) is 6.60. The Morgan fingerprint density at radius 2 is 0.943 bits per heavy atom. The molecule has 282 valence electrons. The molecule has 4 aromatic rings. The molecule has 0 saturated carbocycles. The van der Waals surface area contributed by atoms with Gasteiger partial charge in [0, 0.05) is 0 Å². The molecule has 0 aliphatic carbocycles. The Labute approximate surface area is 341 Å². The van der Waals surface area contributed by atoms with Crippen LogP contribution in [-0.4, -0.2) is 112 Å². The Morgan fingerprint density at radius 1 is 0.547 bits per heavy atom. The van der Waals surface area contributed by atoms with Crippen molar-refractivity contribution < 1.29 is 82.6 Å². The summed E-state index contributed by atoms with van der Waals surface area (Å²) in [5.41, 5.74) is 2.62. The molecule has 0 spiro atoms. The van der Waals surface area contributed by atoms with E-state index in [1.165, 1.54) is 55.1 Å². The van der Waals surface area contributed by atoms with Crippen molar-refractivity contribution >= 4 is 59.0 Å². The summed E-state index contributed by atoms with van der Waals surface area (Å²) >= 11 is 16.8. The van der Waals surface area contributed by atoms with Crippen LogP contribution in [0.5, 0.6) is 17.6 Å². The molecule has 0 saturated heterocycles. The second-order valence-corrected chi connectivity index (χ2v) is 10.1. The van der Waals surface area contributed by atoms with Gasteiger partial charge in [-0.05, 0) is 27.7 Å². The molecule has 0 amide bonds. The molecule has 0 unspecified atom stereocenters. The first kappa shape index (κ1) is 50.7. The Bertz CT molecular complexity index is 1860. The fourth-order valence-corrected chi connectivity index (χ4v) is 3.70. The third kappa shape index (κ3) is 15.6. The fraction of sp³-hybridized carbons (Fsp3) is 0.333. The van der Waals surface area contributed by atoms with Gasteiger partial charge in [-0.15, -0.1) is 0 Å². The maximum atomic E-state index is 11.2. The van der Waals surface area contributed by atoms with Crippen molar-refractivity contribution in [3.8, 4) is 17.6 Å². The van der Waals surface area contributed by atoms with Crippen molar-refractivity contribution in [1.29, 1.82) is 0 Å². The number of aryl methyl sites for hydroxylation is 4. The number of carbonyl (C=O) groups is 4. The van der Waals surface area contributed by atoms with E-state index < -0.39 is 17.9 Å². The molecule has 0 radical (unpaired) electrons. The number of hydrogen-bond donors (Lipinski definition) is 0. The first-order chi connectivity index (χ1) is 24.1. The Hall–Kier alpha value is -4.37. The number of esters is 3. The molecule has 4 heterocycles. The van der Waals surface area contributed by atoms with Gasteiger partial charge in [-0.3, -0.25) is 4.79 Å². The summed E-state index contributed by atoms with van der Waals surface area (Å²) in [6.45, 7) is 6.60. The van der Waals surface area contributed by atoms with Crippen LogP contribution in [0.1, 0.15) is 64.7 Å². The van der Waals surface area contributed by atoms with E-state index >= 15 is 0 Å². The summed E-state index contributed by atoms with van der Waals surface area (Å²) in [6, 6.07) is 0. The van der Waals surface area contributed by atoms with E-state index in [4.69, 9.17) is 49.0 Å². The van der Waals surface area contributed by atoms with Crippen LogP contribution in [0, 0.1) is 27.7 Å². The number of nitrogens with zero attached hydrogens (tertiary/aromatic N) is 8. The molecule has 0 aliphatic heterocycles. The van der Waals surface area contributed by atoms with Gasteiger partial charge in [-0.1, -0.05) is 34.8 Å². The molecule has 1 N–H and O–H groups in total. The number of methoxy groups -OCH3 is 6. The number of hydrogen-bond acceptors (Lipinski definition) is 19. The summed E-state index contributed by atoms with van der Waals surface area (Å²) in [7, 11) is 8.24. The second kappa shape index (κ2) is 25.6. The summed E-state index contributed by atoms with van der Waals surface area (Å²) < 4.78 is 28.0. The van der Waals surface area contributed by atoms with Crippen LogP contribution >= 0.6 is 34.8 Å². The minimum absolute atomic E-state index is 0. The van der Waals surface area contributed by atoms with Gasteiger partial charge in [0.05, 0.1) is 77.8 Å². The molecule has 4 rings (SSSR count). The number of carbonyl (C=O) groups excluding carboxylic acids is 4. The molecular formula is C30H34Cl3N8NaO11.